The molecule has 0 radical (unpaired) electrons. The highest BCUT2D eigenvalue weighted by Gasteiger charge is 2.49. The summed E-state index contributed by atoms with van der Waals surface area (Å²) in [6, 6.07) is 14.1. The fraction of sp³-hybridized carbons (Fsp3) is 0.440. The Morgan fingerprint density at radius 3 is 2.09 bits per heavy atom. The van der Waals surface area contributed by atoms with Gasteiger partial charge in [-0.05, 0) is 43.0 Å². The van der Waals surface area contributed by atoms with Crippen LogP contribution >= 0.6 is 0 Å². The molecule has 2 aliphatic rings. The summed E-state index contributed by atoms with van der Waals surface area (Å²) in [7, 11) is -3.59. The maximum absolute atomic E-state index is 13.2. The lowest BCUT2D eigenvalue weighted by atomic mass is 9.91. The molecular formula is C25H32N4O4S. The summed E-state index contributed by atoms with van der Waals surface area (Å²) in [5, 5.41) is 2.83. The lowest BCUT2D eigenvalue weighted by molar-refractivity contribution is -0.132. The zero-order valence-electron chi connectivity index (χ0n) is 20.1. The lowest BCUT2D eigenvalue weighted by Gasteiger charge is -2.35. The molecule has 2 fully saturated rings. The standard InChI is InChI=1S/C25H32N4O4S/c1-18(2)20-7-11-22(12-8-20)34(32,33)28-15-13-27(14-16-28)17-29-23(30)25(4,26-24(29)31)21-9-5-19(3)6-10-21/h5-12,18H,13-17H2,1-4H3,(H,26,31). The molecule has 182 valence electrons. The first-order valence-electron chi connectivity index (χ1n) is 11.6. The van der Waals surface area contributed by atoms with E-state index in [-0.39, 0.29) is 17.5 Å². The van der Waals surface area contributed by atoms with E-state index in [1.54, 1.807) is 19.1 Å². The van der Waals surface area contributed by atoms with Crippen LogP contribution in [0.3, 0.4) is 0 Å². The Morgan fingerprint density at radius 1 is 0.941 bits per heavy atom. The van der Waals surface area contributed by atoms with Gasteiger partial charge >= 0.3 is 6.03 Å². The van der Waals surface area contributed by atoms with Crippen molar-refractivity contribution in [3.8, 4) is 0 Å². The van der Waals surface area contributed by atoms with Crippen molar-refractivity contribution in [1.29, 1.82) is 0 Å². The van der Waals surface area contributed by atoms with Crippen molar-refractivity contribution < 1.29 is 18.0 Å². The van der Waals surface area contributed by atoms with E-state index in [0.29, 0.717) is 32.1 Å². The first kappa shape index (κ1) is 24.4. The van der Waals surface area contributed by atoms with Crippen LogP contribution in [0.1, 0.15) is 43.4 Å². The minimum absolute atomic E-state index is 0.128. The second kappa shape index (κ2) is 9.13. The Labute approximate surface area is 201 Å². The Balaban J connectivity index is 1.39. The highest BCUT2D eigenvalue weighted by molar-refractivity contribution is 7.89. The molecule has 2 heterocycles. The summed E-state index contributed by atoms with van der Waals surface area (Å²) in [6.45, 7) is 9.41. The van der Waals surface area contributed by atoms with Crippen molar-refractivity contribution in [3.05, 3.63) is 65.2 Å². The summed E-state index contributed by atoms with van der Waals surface area (Å²) >= 11 is 0. The van der Waals surface area contributed by atoms with Crippen LogP contribution in [0, 0.1) is 6.92 Å². The van der Waals surface area contributed by atoms with Crippen LogP contribution in [0.5, 0.6) is 0 Å². The molecule has 1 atom stereocenters. The van der Waals surface area contributed by atoms with E-state index in [1.807, 2.05) is 48.2 Å². The molecule has 3 amide bonds. The Kier molecular flexibility index (Phi) is 6.54. The van der Waals surface area contributed by atoms with E-state index >= 15 is 0 Å². The van der Waals surface area contributed by atoms with Gasteiger partial charge in [0, 0.05) is 26.2 Å². The van der Waals surface area contributed by atoms with E-state index in [1.165, 1.54) is 9.21 Å². The van der Waals surface area contributed by atoms with Crippen molar-refractivity contribution in [1.82, 2.24) is 19.4 Å². The largest absolute Gasteiger partial charge is 0.326 e. The van der Waals surface area contributed by atoms with Crippen molar-refractivity contribution >= 4 is 22.0 Å². The second-order valence-corrected chi connectivity index (χ2v) is 11.5. The zero-order chi connectivity index (χ0) is 24.7. The number of urea groups is 1. The molecule has 0 saturated carbocycles. The molecule has 2 saturated heterocycles. The van der Waals surface area contributed by atoms with E-state index in [4.69, 9.17) is 0 Å². The number of nitrogens with zero attached hydrogens (tertiary/aromatic N) is 3. The number of benzene rings is 2. The summed E-state index contributed by atoms with van der Waals surface area (Å²) in [4.78, 5) is 29.3. The topological polar surface area (TPSA) is 90.0 Å². The molecule has 0 aliphatic carbocycles. The number of nitrogens with one attached hydrogen (secondary N) is 1. The highest BCUT2D eigenvalue weighted by Crippen LogP contribution is 2.29. The number of carbonyl (C=O) groups is 2. The van der Waals surface area contributed by atoms with Crippen LogP contribution in [-0.2, 0) is 20.4 Å². The van der Waals surface area contributed by atoms with Gasteiger partial charge in [-0.25, -0.2) is 18.1 Å². The third-order valence-corrected chi connectivity index (χ3v) is 8.67. The number of amides is 3. The summed E-state index contributed by atoms with van der Waals surface area (Å²) in [5.74, 6) is 0.0281. The third-order valence-electron chi connectivity index (χ3n) is 6.76. The predicted octanol–water partition coefficient (Wildman–Crippen LogP) is 2.85. The molecule has 0 bridgehead atoms. The van der Waals surface area contributed by atoms with Crippen molar-refractivity contribution in [2.24, 2.45) is 0 Å². The monoisotopic (exact) mass is 484 g/mol. The molecule has 1 N–H and O–H groups in total. The number of sulfonamides is 1. The van der Waals surface area contributed by atoms with Gasteiger partial charge in [0.25, 0.3) is 5.91 Å². The van der Waals surface area contributed by atoms with Crippen LogP contribution in [-0.4, -0.2) is 67.3 Å². The molecule has 1 unspecified atom stereocenters. The molecule has 9 heteroatoms. The lowest BCUT2D eigenvalue weighted by Crippen LogP contribution is -2.52. The molecule has 0 spiro atoms. The van der Waals surface area contributed by atoms with Crippen molar-refractivity contribution in [2.75, 3.05) is 32.8 Å². The van der Waals surface area contributed by atoms with Crippen molar-refractivity contribution in [2.45, 2.75) is 44.0 Å². The molecule has 2 aliphatic heterocycles. The molecule has 2 aromatic carbocycles. The Hall–Kier alpha value is -2.75. The number of imide groups is 1. The van der Waals surface area contributed by atoms with Gasteiger partial charge in [0.05, 0.1) is 11.6 Å². The molecule has 34 heavy (non-hydrogen) atoms. The zero-order valence-corrected chi connectivity index (χ0v) is 20.9. The molecule has 0 aromatic heterocycles. The van der Waals surface area contributed by atoms with Gasteiger partial charge in [0.2, 0.25) is 10.0 Å². The summed E-state index contributed by atoms with van der Waals surface area (Å²) < 4.78 is 27.6. The Morgan fingerprint density at radius 2 is 1.53 bits per heavy atom. The first-order valence-corrected chi connectivity index (χ1v) is 13.0. The fourth-order valence-electron chi connectivity index (χ4n) is 4.39. The van der Waals surface area contributed by atoms with Gasteiger partial charge in [-0.1, -0.05) is 55.8 Å². The number of aryl methyl sites for hydroxylation is 1. The minimum atomic E-state index is -3.59. The SMILES string of the molecule is Cc1ccc(C2(C)NC(=O)N(CN3CCN(S(=O)(=O)c4ccc(C(C)C)cc4)CC3)C2=O)cc1. The van der Waals surface area contributed by atoms with Crippen LogP contribution in [0.4, 0.5) is 4.79 Å². The van der Waals surface area contributed by atoms with Gasteiger partial charge in [0.1, 0.15) is 5.54 Å². The summed E-state index contributed by atoms with van der Waals surface area (Å²) in [6.07, 6.45) is 0. The maximum Gasteiger partial charge on any atom is 0.326 e. The van der Waals surface area contributed by atoms with E-state index in [0.717, 1.165) is 16.7 Å². The molecule has 2 aromatic rings. The average molecular weight is 485 g/mol. The van der Waals surface area contributed by atoms with E-state index in [2.05, 4.69) is 19.2 Å². The van der Waals surface area contributed by atoms with E-state index in [9.17, 15) is 18.0 Å². The number of carbonyl (C=O) groups excluding carboxylic acids is 2. The van der Waals surface area contributed by atoms with Crippen LogP contribution in [0.25, 0.3) is 0 Å². The average Bonchev–Trinajstić information content (AvgIpc) is 3.03. The normalized spacial score (nSPS) is 22.4. The molecule has 8 nitrogen and oxygen atoms in total. The van der Waals surface area contributed by atoms with E-state index < -0.39 is 21.6 Å². The quantitative estimate of drug-likeness (QED) is 0.637. The number of hydrogen-bond acceptors (Lipinski definition) is 5. The number of hydrogen-bond donors (Lipinski definition) is 1. The van der Waals surface area contributed by atoms with Gasteiger partial charge in [-0.3, -0.25) is 9.69 Å². The smallest absolute Gasteiger partial charge is 0.319 e. The number of piperazine rings is 1. The third kappa shape index (κ3) is 4.47. The Bertz CT molecular complexity index is 1170. The van der Waals surface area contributed by atoms with Crippen molar-refractivity contribution in [3.63, 3.8) is 0 Å². The predicted molar refractivity (Wildman–Crippen MR) is 130 cm³/mol. The van der Waals surface area contributed by atoms with Gasteiger partial charge in [0.15, 0.2) is 0 Å². The fourth-order valence-corrected chi connectivity index (χ4v) is 5.82. The number of rotatable bonds is 6. The van der Waals surface area contributed by atoms with Crippen LogP contribution in [0.15, 0.2) is 53.4 Å². The minimum Gasteiger partial charge on any atom is -0.319 e. The van der Waals surface area contributed by atoms with Gasteiger partial charge < -0.3 is 5.32 Å². The van der Waals surface area contributed by atoms with Crippen LogP contribution in [0.2, 0.25) is 0 Å². The second-order valence-electron chi connectivity index (χ2n) is 9.54. The first-order chi connectivity index (χ1) is 16.0. The van der Waals surface area contributed by atoms with Gasteiger partial charge in [-0.15, -0.1) is 0 Å². The summed E-state index contributed by atoms with van der Waals surface area (Å²) in [5.41, 5.74) is 1.79. The molecule has 4 rings (SSSR count). The highest BCUT2D eigenvalue weighted by atomic mass is 32.2. The van der Waals surface area contributed by atoms with Gasteiger partial charge in [-0.2, -0.15) is 4.31 Å². The molecular weight excluding hydrogens is 452 g/mol. The maximum atomic E-state index is 13.2. The van der Waals surface area contributed by atoms with Crippen LogP contribution < -0.4 is 5.32 Å².